The Morgan fingerprint density at radius 1 is 1.04 bits per heavy atom. The number of halogens is 3. The summed E-state index contributed by atoms with van der Waals surface area (Å²) in [7, 11) is 1.66. The largest absolute Gasteiger partial charge is 0.305 e. The van der Waals surface area contributed by atoms with Gasteiger partial charge in [-0.2, -0.15) is 0 Å². The molecule has 8 heteroatoms. The van der Waals surface area contributed by atoms with E-state index in [2.05, 4.69) is 10.2 Å². The topological polar surface area (TPSA) is 47.8 Å². The first-order valence-corrected chi connectivity index (χ1v) is 8.21. The smallest absolute Gasteiger partial charge is 0.191 e. The second-order valence-corrected chi connectivity index (χ2v) is 6.13. The lowest BCUT2D eigenvalue weighted by atomic mass is 10.1. The average molecular weight is 363 g/mol. The molecular formula is C17H12F3N3OS. The van der Waals surface area contributed by atoms with Crippen LogP contribution in [0.4, 0.5) is 13.2 Å². The van der Waals surface area contributed by atoms with E-state index < -0.39 is 17.5 Å². The number of rotatable bonds is 5. The third-order valence-corrected chi connectivity index (χ3v) is 4.54. The molecule has 2 aromatic carbocycles. The van der Waals surface area contributed by atoms with Crippen LogP contribution in [0.5, 0.6) is 0 Å². The molecule has 3 rings (SSSR count). The van der Waals surface area contributed by atoms with Crippen LogP contribution in [0, 0.1) is 17.5 Å². The zero-order chi connectivity index (χ0) is 18.0. The van der Waals surface area contributed by atoms with E-state index in [9.17, 15) is 18.0 Å². The molecule has 3 aromatic rings. The van der Waals surface area contributed by atoms with Crippen molar-refractivity contribution in [2.75, 3.05) is 5.75 Å². The van der Waals surface area contributed by atoms with Crippen molar-refractivity contribution in [3.05, 3.63) is 65.5 Å². The summed E-state index contributed by atoms with van der Waals surface area (Å²) in [5.74, 6) is -2.58. The van der Waals surface area contributed by atoms with Crippen molar-refractivity contribution in [2.24, 2.45) is 7.05 Å². The van der Waals surface area contributed by atoms with Gasteiger partial charge in [0.1, 0.15) is 5.82 Å². The number of thioether (sulfide) groups is 1. The van der Waals surface area contributed by atoms with Gasteiger partial charge >= 0.3 is 0 Å². The van der Waals surface area contributed by atoms with Gasteiger partial charge in [0.05, 0.1) is 11.3 Å². The third-order valence-electron chi connectivity index (χ3n) is 3.52. The molecule has 0 N–H and O–H groups in total. The van der Waals surface area contributed by atoms with Crippen LogP contribution in [-0.4, -0.2) is 26.3 Å². The summed E-state index contributed by atoms with van der Waals surface area (Å²) in [6, 6.07) is 9.16. The van der Waals surface area contributed by atoms with Gasteiger partial charge in [-0.25, -0.2) is 13.2 Å². The molecule has 0 bridgehead atoms. The zero-order valence-corrected chi connectivity index (χ0v) is 13.9. The third kappa shape index (κ3) is 3.58. The molecule has 25 heavy (non-hydrogen) atoms. The first-order chi connectivity index (χ1) is 12.0. The molecule has 4 nitrogen and oxygen atoms in total. The highest BCUT2D eigenvalue weighted by Crippen LogP contribution is 2.25. The minimum absolute atomic E-state index is 0.0334. The van der Waals surface area contributed by atoms with Crippen LogP contribution >= 0.6 is 11.8 Å². The standard InChI is InChI=1S/C17H12F3N3OS/c1-23-16(11-4-2-3-5-12(11)18)21-22-17(23)25-9-15(24)10-6-7-13(19)14(20)8-10/h2-8H,9H2,1H3. The van der Waals surface area contributed by atoms with E-state index in [-0.39, 0.29) is 17.1 Å². The molecule has 0 radical (unpaired) electrons. The SMILES string of the molecule is Cn1c(SCC(=O)c2ccc(F)c(F)c2)nnc1-c1ccccc1F. The molecule has 0 amide bonds. The molecule has 0 unspecified atom stereocenters. The van der Waals surface area contributed by atoms with Crippen molar-refractivity contribution in [3.8, 4) is 11.4 Å². The number of Topliss-reactive ketones (excluding diaryl/α,β-unsaturated/α-hetero) is 1. The summed E-state index contributed by atoms with van der Waals surface area (Å²) in [4.78, 5) is 12.1. The Balaban J connectivity index is 1.75. The number of nitrogens with zero attached hydrogens (tertiary/aromatic N) is 3. The van der Waals surface area contributed by atoms with Gasteiger partial charge in [-0.3, -0.25) is 4.79 Å². The number of benzene rings is 2. The first-order valence-electron chi connectivity index (χ1n) is 7.22. The number of ketones is 1. The van der Waals surface area contributed by atoms with Crippen LogP contribution in [0.15, 0.2) is 47.6 Å². The Morgan fingerprint density at radius 2 is 1.80 bits per heavy atom. The maximum Gasteiger partial charge on any atom is 0.191 e. The second kappa shape index (κ2) is 7.10. The van der Waals surface area contributed by atoms with Crippen LogP contribution in [-0.2, 0) is 7.05 Å². The minimum atomic E-state index is -1.07. The molecule has 0 fully saturated rings. The minimum Gasteiger partial charge on any atom is -0.305 e. The van der Waals surface area contributed by atoms with Gasteiger partial charge in [-0.1, -0.05) is 23.9 Å². The van der Waals surface area contributed by atoms with Gasteiger partial charge in [0, 0.05) is 12.6 Å². The molecule has 0 aliphatic heterocycles. The maximum absolute atomic E-state index is 13.9. The normalized spacial score (nSPS) is 10.9. The van der Waals surface area contributed by atoms with E-state index >= 15 is 0 Å². The highest BCUT2D eigenvalue weighted by Gasteiger charge is 2.16. The fourth-order valence-electron chi connectivity index (χ4n) is 2.20. The summed E-state index contributed by atoms with van der Waals surface area (Å²) >= 11 is 1.08. The van der Waals surface area contributed by atoms with Crippen molar-refractivity contribution in [1.29, 1.82) is 0 Å². The number of aromatic nitrogens is 3. The Bertz CT molecular complexity index is 943. The Labute approximate surface area is 145 Å². The highest BCUT2D eigenvalue weighted by atomic mass is 32.2. The van der Waals surface area contributed by atoms with Crippen LogP contribution in [0.3, 0.4) is 0 Å². The van der Waals surface area contributed by atoms with E-state index in [0.29, 0.717) is 16.5 Å². The van der Waals surface area contributed by atoms with Crippen molar-refractivity contribution in [2.45, 2.75) is 5.16 Å². The fraction of sp³-hybridized carbons (Fsp3) is 0.118. The van der Waals surface area contributed by atoms with E-state index in [1.54, 1.807) is 29.8 Å². The van der Waals surface area contributed by atoms with Gasteiger partial charge in [-0.05, 0) is 30.3 Å². The van der Waals surface area contributed by atoms with Gasteiger partial charge in [-0.15, -0.1) is 10.2 Å². The molecule has 0 spiro atoms. The zero-order valence-electron chi connectivity index (χ0n) is 13.0. The molecule has 1 aromatic heterocycles. The van der Waals surface area contributed by atoms with E-state index in [0.717, 1.165) is 23.9 Å². The maximum atomic E-state index is 13.9. The number of hydrogen-bond acceptors (Lipinski definition) is 4. The van der Waals surface area contributed by atoms with Gasteiger partial charge in [0.15, 0.2) is 28.4 Å². The number of carbonyl (C=O) groups excluding carboxylic acids is 1. The molecule has 1 heterocycles. The predicted octanol–water partition coefficient (Wildman–Crippen LogP) is 3.87. The molecular weight excluding hydrogens is 351 g/mol. The quantitative estimate of drug-likeness (QED) is 0.510. The van der Waals surface area contributed by atoms with Crippen LogP contribution in [0.25, 0.3) is 11.4 Å². The number of carbonyl (C=O) groups is 1. The lowest BCUT2D eigenvalue weighted by Crippen LogP contribution is -2.05. The van der Waals surface area contributed by atoms with E-state index in [1.807, 2.05) is 0 Å². The Morgan fingerprint density at radius 3 is 2.52 bits per heavy atom. The Hall–Kier alpha value is -2.61. The highest BCUT2D eigenvalue weighted by molar-refractivity contribution is 7.99. The monoisotopic (exact) mass is 363 g/mol. The summed E-state index contributed by atoms with van der Waals surface area (Å²) in [5.41, 5.74) is 0.374. The summed E-state index contributed by atoms with van der Waals surface area (Å²) in [5, 5.41) is 8.32. The van der Waals surface area contributed by atoms with E-state index in [4.69, 9.17) is 0 Å². The molecule has 0 saturated heterocycles. The van der Waals surface area contributed by atoms with Crippen LogP contribution in [0.2, 0.25) is 0 Å². The number of hydrogen-bond donors (Lipinski definition) is 0. The van der Waals surface area contributed by atoms with Gasteiger partial charge in [0.25, 0.3) is 0 Å². The molecule has 128 valence electrons. The lowest BCUT2D eigenvalue weighted by Gasteiger charge is -2.05. The average Bonchev–Trinajstić information content (AvgIpc) is 2.96. The van der Waals surface area contributed by atoms with Gasteiger partial charge in [0.2, 0.25) is 0 Å². The van der Waals surface area contributed by atoms with Crippen LogP contribution < -0.4 is 0 Å². The second-order valence-electron chi connectivity index (χ2n) is 5.19. The Kier molecular flexibility index (Phi) is 4.89. The molecule has 0 atom stereocenters. The summed E-state index contributed by atoms with van der Waals surface area (Å²) in [6.45, 7) is 0. The van der Waals surface area contributed by atoms with E-state index in [1.165, 1.54) is 12.1 Å². The predicted molar refractivity (Wildman–Crippen MR) is 87.8 cm³/mol. The molecule has 0 aliphatic rings. The van der Waals surface area contributed by atoms with Crippen molar-refractivity contribution in [1.82, 2.24) is 14.8 Å². The van der Waals surface area contributed by atoms with Crippen LogP contribution in [0.1, 0.15) is 10.4 Å². The van der Waals surface area contributed by atoms with Crippen molar-refractivity contribution >= 4 is 17.5 Å². The fourth-order valence-corrected chi connectivity index (χ4v) is 3.01. The van der Waals surface area contributed by atoms with Crippen molar-refractivity contribution < 1.29 is 18.0 Å². The molecule has 0 aliphatic carbocycles. The van der Waals surface area contributed by atoms with Crippen molar-refractivity contribution in [3.63, 3.8) is 0 Å². The lowest BCUT2D eigenvalue weighted by molar-refractivity contribution is 0.102. The van der Waals surface area contributed by atoms with Gasteiger partial charge < -0.3 is 4.57 Å². The summed E-state index contributed by atoms with van der Waals surface area (Å²) in [6.07, 6.45) is 0. The summed E-state index contributed by atoms with van der Waals surface area (Å²) < 4.78 is 41.6. The molecule has 0 saturated carbocycles. The first kappa shape index (κ1) is 17.2.